The number of halogens is 1. The van der Waals surface area contributed by atoms with Crippen molar-refractivity contribution in [3.63, 3.8) is 0 Å². The second kappa shape index (κ2) is 4.33. The lowest BCUT2D eigenvalue weighted by molar-refractivity contribution is 1.43. The third-order valence-electron chi connectivity index (χ3n) is 1.17. The average molecular weight is 165 g/mol. The fraction of sp³-hybridized carbons (Fsp3) is 0. The van der Waals surface area contributed by atoms with Gasteiger partial charge in [0.25, 0.3) is 0 Å². The van der Waals surface area contributed by atoms with Gasteiger partial charge >= 0.3 is 0 Å². The van der Waals surface area contributed by atoms with E-state index < -0.39 is 0 Å². The predicted octanol–water partition coefficient (Wildman–Crippen LogP) is 1.85. The molecule has 0 saturated carbocycles. The second-order valence-electron chi connectivity index (χ2n) is 1.77. The van der Waals surface area contributed by atoms with Gasteiger partial charge in [0.2, 0.25) is 0 Å². The average Bonchev–Trinajstić information content (AvgIpc) is 2.04. The maximum atomic E-state index is 8.45. The minimum absolute atomic E-state index is 0. The summed E-state index contributed by atoms with van der Waals surface area (Å²) < 4.78 is 0. The van der Waals surface area contributed by atoms with Crippen LogP contribution in [0.2, 0.25) is 0 Å². The molecule has 0 radical (unpaired) electrons. The Hall–Kier alpha value is -1.51. The van der Waals surface area contributed by atoms with Crippen LogP contribution in [-0.4, -0.2) is 0 Å². The van der Waals surface area contributed by atoms with E-state index in [4.69, 9.17) is 10.5 Å². The minimum atomic E-state index is 0. The molecule has 11 heavy (non-hydrogen) atoms. The Morgan fingerprint density at radius 1 is 0.909 bits per heavy atom. The second-order valence-corrected chi connectivity index (χ2v) is 1.77. The number of benzene rings is 1. The third kappa shape index (κ3) is 1.97. The van der Waals surface area contributed by atoms with Gasteiger partial charge < -0.3 is 0 Å². The largest absolute Gasteiger partial charge is 0.192 e. The van der Waals surface area contributed by atoms with E-state index in [1.54, 1.807) is 24.3 Å². The maximum Gasteiger partial charge on any atom is 0.101 e. The van der Waals surface area contributed by atoms with Crippen molar-refractivity contribution in [2.45, 2.75) is 0 Å². The molecule has 0 aliphatic carbocycles. The van der Waals surface area contributed by atoms with Gasteiger partial charge in [-0.3, -0.25) is 0 Å². The van der Waals surface area contributed by atoms with Gasteiger partial charge in [-0.15, -0.1) is 12.4 Å². The van der Waals surface area contributed by atoms with Crippen molar-refractivity contribution in [3.8, 4) is 12.1 Å². The highest BCUT2D eigenvalue weighted by molar-refractivity contribution is 5.85. The molecular weight excluding hydrogens is 160 g/mol. The van der Waals surface area contributed by atoms with Crippen LogP contribution in [0.15, 0.2) is 24.3 Å². The lowest BCUT2D eigenvalue weighted by Crippen LogP contribution is -1.79. The van der Waals surface area contributed by atoms with Gasteiger partial charge in [0, 0.05) is 0 Å². The van der Waals surface area contributed by atoms with Crippen molar-refractivity contribution >= 4 is 12.4 Å². The highest BCUT2D eigenvalue weighted by atomic mass is 35.5. The third-order valence-corrected chi connectivity index (χ3v) is 1.17. The lowest BCUT2D eigenvalue weighted by atomic mass is 10.1. The highest BCUT2D eigenvalue weighted by Crippen LogP contribution is 2.03. The number of rotatable bonds is 0. The number of hydrogen-bond acceptors (Lipinski definition) is 2. The van der Waals surface area contributed by atoms with Crippen molar-refractivity contribution in [2.24, 2.45) is 0 Å². The van der Waals surface area contributed by atoms with Gasteiger partial charge in [-0.25, -0.2) is 0 Å². The van der Waals surface area contributed by atoms with Crippen LogP contribution in [0.1, 0.15) is 11.1 Å². The molecule has 3 heteroatoms. The van der Waals surface area contributed by atoms with Crippen LogP contribution in [0, 0.1) is 22.7 Å². The highest BCUT2D eigenvalue weighted by Gasteiger charge is 1.95. The van der Waals surface area contributed by atoms with Gasteiger partial charge in [-0.05, 0) is 12.1 Å². The van der Waals surface area contributed by atoms with Gasteiger partial charge in [-0.2, -0.15) is 10.5 Å². The van der Waals surface area contributed by atoms with Crippen LogP contribution >= 0.6 is 12.4 Å². The molecule has 0 amide bonds. The Balaban J connectivity index is 0.000001000. The van der Waals surface area contributed by atoms with Gasteiger partial charge in [0.1, 0.15) is 12.1 Å². The van der Waals surface area contributed by atoms with Crippen molar-refractivity contribution in [2.75, 3.05) is 0 Å². The molecule has 1 aromatic rings. The molecule has 0 N–H and O–H groups in total. The quantitative estimate of drug-likeness (QED) is 0.588. The molecule has 0 unspecified atom stereocenters. The first kappa shape index (κ1) is 9.49. The molecule has 0 aromatic heterocycles. The first-order chi connectivity index (χ1) is 4.88. The van der Waals surface area contributed by atoms with Crippen molar-refractivity contribution in [3.05, 3.63) is 35.4 Å². The molecule has 1 rings (SSSR count). The lowest BCUT2D eigenvalue weighted by Gasteiger charge is -1.88. The summed E-state index contributed by atoms with van der Waals surface area (Å²) in [7, 11) is 0. The Morgan fingerprint density at radius 3 is 1.55 bits per heavy atom. The van der Waals surface area contributed by atoms with Gasteiger partial charge in [0.15, 0.2) is 0 Å². The Labute approximate surface area is 71.1 Å². The van der Waals surface area contributed by atoms with E-state index in [2.05, 4.69) is 0 Å². The Kier molecular flexibility index (Phi) is 3.73. The van der Waals surface area contributed by atoms with Crippen LogP contribution in [-0.2, 0) is 0 Å². The van der Waals surface area contributed by atoms with E-state index in [9.17, 15) is 0 Å². The summed E-state index contributed by atoms with van der Waals surface area (Å²) in [5.41, 5.74) is 0.870. The zero-order chi connectivity index (χ0) is 7.40. The van der Waals surface area contributed by atoms with E-state index in [0.717, 1.165) is 0 Å². The monoisotopic (exact) mass is 164 g/mol. The Morgan fingerprint density at radius 2 is 1.27 bits per heavy atom. The summed E-state index contributed by atoms with van der Waals surface area (Å²) in [6.07, 6.45) is 0. The molecule has 1 aromatic carbocycles. The molecule has 0 fully saturated rings. The molecule has 0 aliphatic rings. The molecule has 0 bridgehead atoms. The molecular formula is C8H5ClN2. The van der Waals surface area contributed by atoms with Crippen LogP contribution in [0.4, 0.5) is 0 Å². The summed E-state index contributed by atoms with van der Waals surface area (Å²) in [6.45, 7) is 0. The first-order valence-corrected chi connectivity index (χ1v) is 2.77. The molecule has 54 valence electrons. The number of hydrogen-bond donors (Lipinski definition) is 0. The molecule has 0 aliphatic heterocycles. The van der Waals surface area contributed by atoms with E-state index in [-0.39, 0.29) is 12.4 Å². The fourth-order valence-corrected chi connectivity index (χ4v) is 0.678. The van der Waals surface area contributed by atoms with E-state index in [0.29, 0.717) is 11.1 Å². The predicted molar refractivity (Wildman–Crippen MR) is 43.1 cm³/mol. The zero-order valence-corrected chi connectivity index (χ0v) is 6.43. The zero-order valence-electron chi connectivity index (χ0n) is 5.61. The van der Waals surface area contributed by atoms with Crippen LogP contribution in [0.5, 0.6) is 0 Å². The fourth-order valence-electron chi connectivity index (χ4n) is 0.678. The summed E-state index contributed by atoms with van der Waals surface area (Å²) >= 11 is 0. The molecule has 2 nitrogen and oxygen atoms in total. The van der Waals surface area contributed by atoms with Crippen LogP contribution in [0.3, 0.4) is 0 Å². The van der Waals surface area contributed by atoms with Crippen molar-refractivity contribution in [1.29, 1.82) is 10.5 Å². The number of nitriles is 2. The van der Waals surface area contributed by atoms with Crippen LogP contribution < -0.4 is 0 Å². The maximum absolute atomic E-state index is 8.45. The van der Waals surface area contributed by atoms with E-state index in [1.165, 1.54) is 0 Å². The Bertz CT molecular complexity index is 287. The summed E-state index contributed by atoms with van der Waals surface area (Å²) in [5.74, 6) is 0. The SMILES string of the molecule is Cl.N#Cc1ccccc1C#N. The van der Waals surface area contributed by atoms with Gasteiger partial charge in [0.05, 0.1) is 11.1 Å². The van der Waals surface area contributed by atoms with Crippen molar-refractivity contribution < 1.29 is 0 Å². The topological polar surface area (TPSA) is 47.6 Å². The first-order valence-electron chi connectivity index (χ1n) is 2.77. The van der Waals surface area contributed by atoms with Crippen molar-refractivity contribution in [1.82, 2.24) is 0 Å². The van der Waals surface area contributed by atoms with Crippen LogP contribution in [0.25, 0.3) is 0 Å². The number of nitrogens with zero attached hydrogens (tertiary/aromatic N) is 2. The van der Waals surface area contributed by atoms with Gasteiger partial charge in [-0.1, -0.05) is 12.1 Å². The summed E-state index contributed by atoms with van der Waals surface area (Å²) in [5, 5.41) is 16.9. The van der Waals surface area contributed by atoms with E-state index >= 15 is 0 Å². The molecule has 0 spiro atoms. The smallest absolute Gasteiger partial charge is 0.101 e. The van der Waals surface area contributed by atoms with E-state index in [1.807, 2.05) is 12.1 Å². The normalized spacial score (nSPS) is 7.09. The molecule has 0 heterocycles. The summed E-state index contributed by atoms with van der Waals surface area (Å²) in [4.78, 5) is 0. The minimum Gasteiger partial charge on any atom is -0.192 e. The standard InChI is InChI=1S/C8H4N2.ClH/c9-5-7-3-1-2-4-8(7)6-10;/h1-4H;1H. The molecule has 0 atom stereocenters. The molecule has 0 saturated heterocycles. The summed E-state index contributed by atoms with van der Waals surface area (Å²) in [6, 6.07) is 10.6.